The van der Waals surface area contributed by atoms with Crippen LogP contribution >= 0.6 is 0 Å². The number of esters is 1. The highest BCUT2D eigenvalue weighted by atomic mass is 32.2. The maximum atomic E-state index is 11.0. The fraction of sp³-hybridized carbons (Fsp3) is 0.857. The summed E-state index contributed by atoms with van der Waals surface area (Å²) < 4.78 is 25.2. The standard InChI is InChI=1S/C7H14O4S/c1-3-6(5-12(9)10)7(8)11-4-2/h6H,3-5H2,1-2H3,(H,9,10)/p-1. The Morgan fingerprint density at radius 2 is 2.17 bits per heavy atom. The zero-order chi connectivity index (χ0) is 9.56. The number of carbonyl (C=O) groups is 1. The zero-order valence-corrected chi connectivity index (χ0v) is 8.06. The van der Waals surface area contributed by atoms with E-state index in [9.17, 15) is 13.6 Å². The highest BCUT2D eigenvalue weighted by Crippen LogP contribution is 2.06. The third kappa shape index (κ3) is 4.46. The van der Waals surface area contributed by atoms with E-state index in [2.05, 4.69) is 4.74 Å². The topological polar surface area (TPSA) is 66.4 Å². The molecule has 0 radical (unpaired) electrons. The molecule has 4 nitrogen and oxygen atoms in total. The van der Waals surface area contributed by atoms with E-state index in [1.807, 2.05) is 0 Å². The van der Waals surface area contributed by atoms with Gasteiger partial charge in [0.1, 0.15) is 0 Å². The van der Waals surface area contributed by atoms with Gasteiger partial charge < -0.3 is 9.29 Å². The molecule has 0 aliphatic heterocycles. The average molecular weight is 193 g/mol. The van der Waals surface area contributed by atoms with Crippen molar-refractivity contribution in [3.63, 3.8) is 0 Å². The number of rotatable bonds is 5. The van der Waals surface area contributed by atoms with Gasteiger partial charge >= 0.3 is 5.97 Å². The zero-order valence-electron chi connectivity index (χ0n) is 7.24. The fourth-order valence-corrected chi connectivity index (χ4v) is 1.48. The molecule has 0 aliphatic rings. The molecular weight excluding hydrogens is 180 g/mol. The van der Waals surface area contributed by atoms with E-state index in [-0.39, 0.29) is 5.75 Å². The number of hydrogen-bond donors (Lipinski definition) is 0. The second-order valence-corrected chi connectivity index (χ2v) is 3.27. The minimum absolute atomic E-state index is 0.144. The first-order valence-corrected chi connectivity index (χ1v) is 5.08. The molecule has 0 aliphatic carbocycles. The lowest BCUT2D eigenvalue weighted by atomic mass is 10.1. The average Bonchev–Trinajstić information content (AvgIpc) is 2.00. The molecule has 0 bridgehead atoms. The van der Waals surface area contributed by atoms with Crippen LogP contribution in [-0.4, -0.2) is 27.1 Å². The maximum Gasteiger partial charge on any atom is 0.309 e. The summed E-state index contributed by atoms with van der Waals surface area (Å²) in [5.74, 6) is -1.08. The number of carbonyl (C=O) groups excluding carboxylic acids is 1. The van der Waals surface area contributed by atoms with E-state index in [1.165, 1.54) is 0 Å². The molecule has 0 fully saturated rings. The van der Waals surface area contributed by atoms with Crippen molar-refractivity contribution in [2.45, 2.75) is 20.3 Å². The number of hydrogen-bond acceptors (Lipinski definition) is 4. The summed E-state index contributed by atoms with van der Waals surface area (Å²) >= 11 is -2.17. The summed E-state index contributed by atoms with van der Waals surface area (Å²) in [7, 11) is 0. The highest BCUT2D eigenvalue weighted by Gasteiger charge is 2.17. The second kappa shape index (κ2) is 6.14. The molecule has 0 heterocycles. The van der Waals surface area contributed by atoms with Crippen molar-refractivity contribution in [3.05, 3.63) is 0 Å². The molecule has 5 heteroatoms. The van der Waals surface area contributed by atoms with Crippen molar-refractivity contribution in [2.75, 3.05) is 12.4 Å². The van der Waals surface area contributed by atoms with Gasteiger partial charge in [-0.1, -0.05) is 18.0 Å². The molecule has 0 N–H and O–H groups in total. The van der Waals surface area contributed by atoms with Crippen molar-refractivity contribution in [1.82, 2.24) is 0 Å². The molecule has 0 spiro atoms. The quantitative estimate of drug-likeness (QED) is 0.470. The third-order valence-corrected chi connectivity index (χ3v) is 2.12. The Bertz CT molecular complexity index is 169. The van der Waals surface area contributed by atoms with Crippen LogP contribution in [0.4, 0.5) is 0 Å². The maximum absolute atomic E-state index is 11.0. The smallest absolute Gasteiger partial charge is 0.309 e. The molecule has 72 valence electrons. The Morgan fingerprint density at radius 1 is 1.58 bits per heavy atom. The van der Waals surface area contributed by atoms with Crippen LogP contribution in [0.15, 0.2) is 0 Å². The normalized spacial score (nSPS) is 15.2. The lowest BCUT2D eigenvalue weighted by molar-refractivity contribution is -0.147. The van der Waals surface area contributed by atoms with Crippen LogP contribution in [0.5, 0.6) is 0 Å². The van der Waals surface area contributed by atoms with Crippen molar-refractivity contribution in [2.24, 2.45) is 5.92 Å². The third-order valence-electron chi connectivity index (χ3n) is 1.45. The first-order valence-electron chi connectivity index (χ1n) is 3.84. The van der Waals surface area contributed by atoms with E-state index in [1.54, 1.807) is 13.8 Å². The van der Waals surface area contributed by atoms with Crippen molar-refractivity contribution < 1.29 is 18.3 Å². The van der Waals surface area contributed by atoms with Crippen LogP contribution in [0.1, 0.15) is 20.3 Å². The summed E-state index contributed by atoms with van der Waals surface area (Å²) in [6, 6.07) is 0. The van der Waals surface area contributed by atoms with Gasteiger partial charge in [0, 0.05) is 5.75 Å². The van der Waals surface area contributed by atoms with Gasteiger partial charge in [0.15, 0.2) is 0 Å². The molecule has 0 amide bonds. The molecular formula is C7H13O4S-. The van der Waals surface area contributed by atoms with E-state index in [4.69, 9.17) is 0 Å². The predicted molar refractivity (Wildman–Crippen MR) is 44.2 cm³/mol. The molecule has 0 aromatic carbocycles. The Balaban J connectivity index is 3.96. The largest absolute Gasteiger partial charge is 0.772 e. The van der Waals surface area contributed by atoms with Gasteiger partial charge in [-0.2, -0.15) is 0 Å². The van der Waals surface area contributed by atoms with Gasteiger partial charge in [-0.3, -0.25) is 9.00 Å². The second-order valence-electron chi connectivity index (χ2n) is 2.33. The molecule has 2 atom stereocenters. The van der Waals surface area contributed by atoms with Crippen LogP contribution in [0.25, 0.3) is 0 Å². The van der Waals surface area contributed by atoms with Crippen LogP contribution in [0, 0.1) is 5.92 Å². The molecule has 12 heavy (non-hydrogen) atoms. The Labute approximate surface area is 74.6 Å². The van der Waals surface area contributed by atoms with Crippen molar-refractivity contribution >= 4 is 17.0 Å². The van der Waals surface area contributed by atoms with Gasteiger partial charge in [-0.25, -0.2) is 0 Å². The molecule has 0 aromatic heterocycles. The van der Waals surface area contributed by atoms with Gasteiger partial charge in [0.05, 0.1) is 12.5 Å². The number of ether oxygens (including phenoxy) is 1. The van der Waals surface area contributed by atoms with Crippen LogP contribution in [0.3, 0.4) is 0 Å². The summed E-state index contributed by atoms with van der Waals surface area (Å²) in [5.41, 5.74) is 0. The summed E-state index contributed by atoms with van der Waals surface area (Å²) in [4.78, 5) is 11.0. The molecule has 0 aromatic rings. The Hall–Kier alpha value is -0.420. The first-order chi connectivity index (χ1) is 5.61. The first kappa shape index (κ1) is 11.6. The summed E-state index contributed by atoms with van der Waals surface area (Å²) in [6.07, 6.45) is 0.493. The molecule has 0 saturated heterocycles. The lowest BCUT2D eigenvalue weighted by Crippen LogP contribution is -2.22. The van der Waals surface area contributed by atoms with E-state index in [0.29, 0.717) is 13.0 Å². The van der Waals surface area contributed by atoms with Crippen LogP contribution in [-0.2, 0) is 20.6 Å². The SMILES string of the molecule is CCOC(=O)C(CC)CS(=O)[O-]. The van der Waals surface area contributed by atoms with Gasteiger partial charge in [0.25, 0.3) is 0 Å². The minimum Gasteiger partial charge on any atom is -0.772 e. The molecule has 0 saturated carbocycles. The Kier molecular flexibility index (Phi) is 5.92. The molecule has 2 unspecified atom stereocenters. The van der Waals surface area contributed by atoms with Crippen molar-refractivity contribution in [1.29, 1.82) is 0 Å². The Morgan fingerprint density at radius 3 is 2.50 bits per heavy atom. The molecule has 0 rings (SSSR count). The summed E-state index contributed by atoms with van der Waals surface area (Å²) in [6.45, 7) is 3.74. The van der Waals surface area contributed by atoms with E-state index >= 15 is 0 Å². The van der Waals surface area contributed by atoms with Gasteiger partial charge in [0.2, 0.25) is 0 Å². The summed E-state index contributed by atoms with van der Waals surface area (Å²) in [5, 5.41) is 0. The van der Waals surface area contributed by atoms with Crippen LogP contribution in [0.2, 0.25) is 0 Å². The minimum atomic E-state index is -2.17. The lowest BCUT2D eigenvalue weighted by Gasteiger charge is -2.14. The monoisotopic (exact) mass is 193 g/mol. The van der Waals surface area contributed by atoms with E-state index < -0.39 is 23.0 Å². The fourth-order valence-electron chi connectivity index (χ4n) is 0.777. The predicted octanol–water partition coefficient (Wildman–Crippen LogP) is 0.455. The van der Waals surface area contributed by atoms with Gasteiger partial charge in [-0.15, -0.1) is 0 Å². The highest BCUT2D eigenvalue weighted by molar-refractivity contribution is 7.79. The van der Waals surface area contributed by atoms with Crippen molar-refractivity contribution in [3.8, 4) is 0 Å². The van der Waals surface area contributed by atoms with Crippen LogP contribution < -0.4 is 0 Å². The van der Waals surface area contributed by atoms with E-state index in [0.717, 1.165) is 0 Å². The van der Waals surface area contributed by atoms with Gasteiger partial charge in [-0.05, 0) is 13.3 Å².